The fourth-order valence-corrected chi connectivity index (χ4v) is 0.486. The quantitative estimate of drug-likeness (QED) is 0.530. The van der Waals surface area contributed by atoms with Crippen LogP contribution in [0.15, 0.2) is 0 Å². The van der Waals surface area contributed by atoms with E-state index in [2.05, 4.69) is 4.74 Å². The zero-order chi connectivity index (χ0) is 7.44. The molecule has 0 aliphatic rings. The van der Waals surface area contributed by atoms with Gasteiger partial charge in [-0.1, -0.05) is 13.8 Å². The lowest BCUT2D eigenvalue weighted by molar-refractivity contribution is -0.0973. The van der Waals surface area contributed by atoms with E-state index in [-0.39, 0.29) is 12.0 Å². The van der Waals surface area contributed by atoms with E-state index in [0.29, 0.717) is 0 Å². The van der Waals surface area contributed by atoms with Gasteiger partial charge in [-0.2, -0.15) is 0 Å². The molecule has 0 bridgehead atoms. The minimum atomic E-state index is -0.829. The SMILES string of the molecule is COC(O)C(N)C(C)C. The Bertz CT molecular complexity index is 75.5. The highest BCUT2D eigenvalue weighted by Crippen LogP contribution is 2.02. The number of aliphatic hydroxyl groups excluding tert-OH is 1. The van der Waals surface area contributed by atoms with Crippen molar-refractivity contribution in [3.63, 3.8) is 0 Å². The number of ether oxygens (including phenoxy) is 1. The third-order valence-corrected chi connectivity index (χ3v) is 1.34. The summed E-state index contributed by atoms with van der Waals surface area (Å²) >= 11 is 0. The molecule has 0 amide bonds. The van der Waals surface area contributed by atoms with Crippen LogP contribution in [0.4, 0.5) is 0 Å². The van der Waals surface area contributed by atoms with Crippen molar-refractivity contribution in [1.82, 2.24) is 0 Å². The van der Waals surface area contributed by atoms with Crippen LogP contribution in [-0.4, -0.2) is 24.5 Å². The molecular formula is C6H15NO2. The van der Waals surface area contributed by atoms with Gasteiger partial charge >= 0.3 is 0 Å². The van der Waals surface area contributed by atoms with Crippen molar-refractivity contribution in [2.75, 3.05) is 7.11 Å². The molecule has 0 heterocycles. The summed E-state index contributed by atoms with van der Waals surface area (Å²) in [6.45, 7) is 3.87. The normalized spacial score (nSPS) is 18.0. The molecule has 2 atom stereocenters. The third kappa shape index (κ3) is 2.79. The number of hydrogen-bond donors (Lipinski definition) is 2. The van der Waals surface area contributed by atoms with Gasteiger partial charge in [0.2, 0.25) is 0 Å². The molecule has 3 nitrogen and oxygen atoms in total. The minimum absolute atomic E-state index is 0.250. The van der Waals surface area contributed by atoms with Crippen molar-refractivity contribution >= 4 is 0 Å². The van der Waals surface area contributed by atoms with Gasteiger partial charge in [-0.05, 0) is 5.92 Å². The Kier molecular flexibility index (Phi) is 3.77. The second-order valence-electron chi connectivity index (χ2n) is 2.45. The lowest BCUT2D eigenvalue weighted by atomic mass is 10.1. The van der Waals surface area contributed by atoms with Crippen LogP contribution in [0.1, 0.15) is 13.8 Å². The van der Waals surface area contributed by atoms with Gasteiger partial charge in [0.1, 0.15) is 0 Å². The first-order valence-corrected chi connectivity index (χ1v) is 3.06. The van der Waals surface area contributed by atoms with Crippen LogP contribution in [0.3, 0.4) is 0 Å². The predicted molar refractivity (Wildman–Crippen MR) is 35.8 cm³/mol. The van der Waals surface area contributed by atoms with E-state index in [0.717, 1.165) is 0 Å². The maximum Gasteiger partial charge on any atom is 0.169 e. The lowest BCUT2D eigenvalue weighted by Gasteiger charge is -2.19. The molecule has 0 aliphatic carbocycles. The average molecular weight is 133 g/mol. The Morgan fingerprint density at radius 3 is 2.00 bits per heavy atom. The first-order valence-electron chi connectivity index (χ1n) is 3.06. The second kappa shape index (κ2) is 3.82. The summed E-state index contributed by atoms with van der Waals surface area (Å²) in [6.07, 6.45) is -0.829. The van der Waals surface area contributed by atoms with Gasteiger partial charge in [-0.3, -0.25) is 0 Å². The molecule has 0 radical (unpaired) electrons. The van der Waals surface area contributed by atoms with E-state index >= 15 is 0 Å². The zero-order valence-corrected chi connectivity index (χ0v) is 6.16. The van der Waals surface area contributed by atoms with E-state index in [1.54, 1.807) is 0 Å². The summed E-state index contributed by atoms with van der Waals surface area (Å²) in [7, 11) is 1.44. The van der Waals surface area contributed by atoms with Crippen molar-refractivity contribution in [1.29, 1.82) is 0 Å². The summed E-state index contributed by atoms with van der Waals surface area (Å²) in [5.41, 5.74) is 5.50. The number of hydrogen-bond acceptors (Lipinski definition) is 3. The van der Waals surface area contributed by atoms with Crippen LogP contribution >= 0.6 is 0 Å². The number of aliphatic hydroxyl groups is 1. The standard InChI is InChI=1S/C6H15NO2/c1-4(2)5(7)6(8)9-3/h4-6,8H,7H2,1-3H3. The fraction of sp³-hybridized carbons (Fsp3) is 1.00. The third-order valence-electron chi connectivity index (χ3n) is 1.34. The molecule has 0 rings (SSSR count). The maximum atomic E-state index is 8.95. The number of methoxy groups -OCH3 is 1. The molecule has 2 unspecified atom stereocenters. The van der Waals surface area contributed by atoms with E-state index in [4.69, 9.17) is 10.8 Å². The van der Waals surface area contributed by atoms with Crippen LogP contribution in [0, 0.1) is 5.92 Å². The van der Waals surface area contributed by atoms with Crippen molar-refractivity contribution in [2.24, 2.45) is 11.7 Å². The van der Waals surface area contributed by atoms with Gasteiger partial charge in [0.15, 0.2) is 6.29 Å². The van der Waals surface area contributed by atoms with Crippen molar-refractivity contribution in [3.05, 3.63) is 0 Å². The van der Waals surface area contributed by atoms with Crippen molar-refractivity contribution in [2.45, 2.75) is 26.2 Å². The summed E-state index contributed by atoms with van der Waals surface area (Å²) in [6, 6.07) is -0.282. The maximum absolute atomic E-state index is 8.95. The van der Waals surface area contributed by atoms with Crippen LogP contribution in [-0.2, 0) is 4.74 Å². The highest BCUT2D eigenvalue weighted by Gasteiger charge is 2.16. The zero-order valence-electron chi connectivity index (χ0n) is 6.16. The van der Waals surface area contributed by atoms with Gasteiger partial charge in [-0.25, -0.2) is 0 Å². The molecule has 0 aliphatic heterocycles. The van der Waals surface area contributed by atoms with Crippen molar-refractivity contribution < 1.29 is 9.84 Å². The van der Waals surface area contributed by atoms with Crippen LogP contribution in [0.5, 0.6) is 0 Å². The Morgan fingerprint density at radius 2 is 1.89 bits per heavy atom. The molecule has 0 aromatic carbocycles. The van der Waals surface area contributed by atoms with Gasteiger partial charge < -0.3 is 15.6 Å². The van der Waals surface area contributed by atoms with Gasteiger partial charge in [0.25, 0.3) is 0 Å². The monoisotopic (exact) mass is 133 g/mol. The average Bonchev–Trinajstić information content (AvgIpc) is 1.84. The van der Waals surface area contributed by atoms with Crippen LogP contribution in [0.25, 0.3) is 0 Å². The summed E-state index contributed by atoms with van der Waals surface area (Å²) in [5.74, 6) is 0.250. The summed E-state index contributed by atoms with van der Waals surface area (Å²) < 4.78 is 4.60. The first-order chi connectivity index (χ1) is 4.09. The molecule has 0 aromatic heterocycles. The lowest BCUT2D eigenvalue weighted by Crippen LogP contribution is -2.40. The molecule has 9 heavy (non-hydrogen) atoms. The molecule has 0 saturated heterocycles. The molecule has 56 valence electrons. The Balaban J connectivity index is 3.58. The smallest absolute Gasteiger partial charge is 0.169 e. The molecule has 0 saturated carbocycles. The van der Waals surface area contributed by atoms with Crippen LogP contribution in [0.2, 0.25) is 0 Å². The van der Waals surface area contributed by atoms with Crippen LogP contribution < -0.4 is 5.73 Å². The Morgan fingerprint density at radius 1 is 1.44 bits per heavy atom. The highest BCUT2D eigenvalue weighted by atomic mass is 16.6. The number of rotatable bonds is 3. The van der Waals surface area contributed by atoms with E-state index in [9.17, 15) is 0 Å². The van der Waals surface area contributed by atoms with E-state index in [1.165, 1.54) is 7.11 Å². The molecule has 3 N–H and O–H groups in total. The molecule has 0 spiro atoms. The topological polar surface area (TPSA) is 55.5 Å². The molecule has 0 fully saturated rings. The summed E-state index contributed by atoms with van der Waals surface area (Å²) in [4.78, 5) is 0. The van der Waals surface area contributed by atoms with E-state index < -0.39 is 6.29 Å². The molecule has 0 aromatic rings. The number of nitrogens with two attached hydrogens (primary N) is 1. The van der Waals surface area contributed by atoms with E-state index in [1.807, 2.05) is 13.8 Å². The minimum Gasteiger partial charge on any atom is -0.367 e. The Labute approximate surface area is 55.8 Å². The molecule has 3 heteroatoms. The Hall–Kier alpha value is -0.120. The predicted octanol–water partition coefficient (Wildman–Crippen LogP) is -0.0655. The first kappa shape index (κ1) is 8.88. The second-order valence-corrected chi connectivity index (χ2v) is 2.45. The largest absolute Gasteiger partial charge is 0.367 e. The molecular weight excluding hydrogens is 118 g/mol. The highest BCUT2D eigenvalue weighted by molar-refractivity contribution is 4.66. The van der Waals surface area contributed by atoms with Crippen molar-refractivity contribution in [3.8, 4) is 0 Å². The van der Waals surface area contributed by atoms with Gasteiger partial charge in [0, 0.05) is 7.11 Å². The summed E-state index contributed by atoms with van der Waals surface area (Å²) in [5, 5.41) is 8.95. The van der Waals surface area contributed by atoms with Gasteiger partial charge in [0.05, 0.1) is 6.04 Å². The fourth-order valence-electron chi connectivity index (χ4n) is 0.486. The van der Waals surface area contributed by atoms with Gasteiger partial charge in [-0.15, -0.1) is 0 Å².